The lowest BCUT2D eigenvalue weighted by atomic mass is 9.79. The summed E-state index contributed by atoms with van der Waals surface area (Å²) in [5, 5.41) is 3.64. The topological polar surface area (TPSA) is 32.3 Å². The quantitative estimate of drug-likeness (QED) is 0.486. The number of amides is 1. The van der Waals surface area contributed by atoms with E-state index in [0.29, 0.717) is 17.3 Å². The molecule has 0 bridgehead atoms. The van der Waals surface area contributed by atoms with Gasteiger partial charge in [-0.15, -0.1) is 0 Å². The highest BCUT2D eigenvalue weighted by atomic mass is 35.5. The summed E-state index contributed by atoms with van der Waals surface area (Å²) in [5.74, 6) is 0.0965. The average Bonchev–Trinajstić information content (AvgIpc) is 3.12. The van der Waals surface area contributed by atoms with Gasteiger partial charge < -0.3 is 10.2 Å². The van der Waals surface area contributed by atoms with Gasteiger partial charge in [0.05, 0.1) is 0 Å². The molecule has 0 aromatic heterocycles. The Morgan fingerprint density at radius 1 is 1.09 bits per heavy atom. The number of anilines is 1. The predicted octanol–water partition coefficient (Wildman–Crippen LogP) is 6.77. The summed E-state index contributed by atoms with van der Waals surface area (Å²) in [6.07, 6.45) is -1.71. The minimum Gasteiger partial charge on any atom is -0.370 e. The average molecular weight is 506 g/mol. The second kappa shape index (κ2) is 8.96. The highest BCUT2D eigenvalue weighted by molar-refractivity contribution is 6.34. The van der Waals surface area contributed by atoms with Gasteiger partial charge in [-0.05, 0) is 60.7 Å². The van der Waals surface area contributed by atoms with Crippen molar-refractivity contribution in [1.82, 2.24) is 5.32 Å². The molecule has 1 saturated heterocycles. The van der Waals surface area contributed by atoms with E-state index in [9.17, 15) is 18.0 Å². The van der Waals surface area contributed by atoms with Gasteiger partial charge >= 0.3 is 6.18 Å². The van der Waals surface area contributed by atoms with Crippen molar-refractivity contribution in [2.75, 3.05) is 18.0 Å². The van der Waals surface area contributed by atoms with Crippen LogP contribution in [0.3, 0.4) is 0 Å². The first-order valence-corrected chi connectivity index (χ1v) is 11.6. The van der Waals surface area contributed by atoms with Gasteiger partial charge in [-0.25, -0.2) is 0 Å². The monoisotopic (exact) mass is 504 g/mol. The molecule has 1 amide bonds. The Balaban J connectivity index is 1.53. The first kappa shape index (κ1) is 23.5. The number of halogens is 6. The smallest absolute Gasteiger partial charge is 0.370 e. The zero-order valence-corrected chi connectivity index (χ0v) is 19.4. The maximum absolute atomic E-state index is 14.3. The maximum Gasteiger partial charge on any atom is 0.400 e. The summed E-state index contributed by atoms with van der Waals surface area (Å²) in [6, 6.07) is 9.25. The van der Waals surface area contributed by atoms with Gasteiger partial charge in [-0.3, -0.25) is 4.79 Å². The Kier molecular flexibility index (Phi) is 6.59. The van der Waals surface area contributed by atoms with Crippen molar-refractivity contribution < 1.29 is 18.0 Å². The maximum atomic E-state index is 14.3. The molecule has 1 N–H and O–H groups in total. The summed E-state index contributed by atoms with van der Waals surface area (Å²) < 4.78 is 42.9. The number of carbonyl (C=O) groups is 1. The van der Waals surface area contributed by atoms with Crippen LogP contribution in [0.1, 0.15) is 36.8 Å². The molecule has 9 heteroatoms. The molecule has 1 aliphatic carbocycles. The minimum atomic E-state index is -4.48. The molecule has 32 heavy (non-hydrogen) atoms. The van der Waals surface area contributed by atoms with Crippen molar-refractivity contribution in [1.29, 1.82) is 0 Å². The van der Waals surface area contributed by atoms with E-state index >= 15 is 0 Å². The molecule has 2 aromatic rings. The largest absolute Gasteiger partial charge is 0.400 e. The molecule has 1 saturated carbocycles. The van der Waals surface area contributed by atoms with Crippen LogP contribution < -0.4 is 10.2 Å². The number of nitrogens with one attached hydrogen (secondary N) is 1. The van der Waals surface area contributed by atoms with E-state index in [1.54, 1.807) is 23.1 Å². The fourth-order valence-corrected chi connectivity index (χ4v) is 5.13. The van der Waals surface area contributed by atoms with Crippen molar-refractivity contribution in [2.24, 2.45) is 5.92 Å². The lowest BCUT2D eigenvalue weighted by molar-refractivity contribution is -0.184. The Bertz CT molecular complexity index is 1010. The number of nitrogens with zero attached hydrogens (tertiary/aromatic N) is 1. The summed E-state index contributed by atoms with van der Waals surface area (Å²) in [6.45, 7) is 0.237. The Hall–Kier alpha value is -1.63. The van der Waals surface area contributed by atoms with Crippen molar-refractivity contribution in [3.63, 3.8) is 0 Å². The first-order chi connectivity index (χ1) is 15.1. The van der Waals surface area contributed by atoms with Gasteiger partial charge in [0.25, 0.3) is 0 Å². The Labute approximate surface area is 199 Å². The van der Waals surface area contributed by atoms with Crippen LogP contribution in [0.25, 0.3) is 0 Å². The van der Waals surface area contributed by atoms with Gasteiger partial charge in [0.2, 0.25) is 5.91 Å². The molecular formula is C23H22Cl3F3N2O. The summed E-state index contributed by atoms with van der Waals surface area (Å²) in [7, 11) is 0. The fraction of sp³-hybridized carbons (Fsp3) is 0.435. The van der Waals surface area contributed by atoms with Crippen molar-refractivity contribution in [3.8, 4) is 0 Å². The molecule has 1 heterocycles. The van der Waals surface area contributed by atoms with Crippen LogP contribution in [-0.2, 0) is 16.8 Å². The third-order valence-electron chi connectivity index (χ3n) is 6.56. The van der Waals surface area contributed by atoms with Crippen LogP contribution in [-0.4, -0.2) is 25.2 Å². The highest BCUT2D eigenvalue weighted by Gasteiger charge is 2.59. The lowest BCUT2D eigenvalue weighted by Crippen LogP contribution is -2.44. The minimum absolute atomic E-state index is 0.0195. The number of alkyl halides is 3. The zero-order valence-electron chi connectivity index (χ0n) is 17.1. The molecule has 0 radical (unpaired) electrons. The number of benzene rings is 2. The standard InChI is InChI=1S/C23H22Cl3F3N2O/c24-17-8-16(9-18(25)10-17)22(23(27,28)29)6-7-31(13-22)19-5-4-15(20(26)11-19)12-30-21(32)14-2-1-3-14/h4-5,8-11,14H,1-3,6-7,12-13H2,(H,30,32). The lowest BCUT2D eigenvalue weighted by Gasteiger charge is -2.33. The number of hydrogen-bond acceptors (Lipinski definition) is 2. The molecule has 1 aliphatic heterocycles. The van der Waals surface area contributed by atoms with Gasteiger partial charge in [0.1, 0.15) is 5.41 Å². The molecule has 1 atom stereocenters. The van der Waals surface area contributed by atoms with Crippen LogP contribution in [0.2, 0.25) is 15.1 Å². The van der Waals surface area contributed by atoms with E-state index in [4.69, 9.17) is 34.8 Å². The normalized spacial score (nSPS) is 21.5. The van der Waals surface area contributed by atoms with Crippen LogP contribution >= 0.6 is 34.8 Å². The summed E-state index contributed by atoms with van der Waals surface area (Å²) >= 11 is 18.4. The summed E-state index contributed by atoms with van der Waals surface area (Å²) in [4.78, 5) is 13.7. The number of rotatable bonds is 5. The second-order valence-electron chi connectivity index (χ2n) is 8.53. The van der Waals surface area contributed by atoms with Gasteiger partial charge in [0.15, 0.2) is 0 Å². The predicted molar refractivity (Wildman–Crippen MR) is 122 cm³/mol. The Morgan fingerprint density at radius 2 is 1.78 bits per heavy atom. The van der Waals surface area contributed by atoms with Crippen LogP contribution in [0.15, 0.2) is 36.4 Å². The molecule has 2 aliphatic rings. The molecule has 2 fully saturated rings. The number of carbonyl (C=O) groups excluding carboxylic acids is 1. The van der Waals surface area contributed by atoms with E-state index in [2.05, 4.69) is 5.32 Å². The third kappa shape index (κ3) is 4.55. The van der Waals surface area contributed by atoms with Crippen LogP contribution in [0, 0.1) is 5.92 Å². The Morgan fingerprint density at radius 3 is 2.34 bits per heavy atom. The molecule has 3 nitrogen and oxygen atoms in total. The number of hydrogen-bond donors (Lipinski definition) is 1. The first-order valence-electron chi connectivity index (χ1n) is 10.4. The van der Waals surface area contributed by atoms with E-state index in [1.165, 1.54) is 18.2 Å². The van der Waals surface area contributed by atoms with Gasteiger partial charge in [-0.1, -0.05) is 47.3 Å². The molecule has 4 rings (SSSR count). The van der Waals surface area contributed by atoms with Crippen molar-refractivity contribution in [2.45, 2.75) is 43.8 Å². The highest BCUT2D eigenvalue weighted by Crippen LogP contribution is 2.49. The second-order valence-corrected chi connectivity index (χ2v) is 9.81. The molecule has 2 aromatic carbocycles. The molecule has 172 valence electrons. The van der Waals surface area contributed by atoms with E-state index in [0.717, 1.165) is 24.8 Å². The van der Waals surface area contributed by atoms with E-state index in [1.807, 2.05) is 0 Å². The molecule has 1 unspecified atom stereocenters. The van der Waals surface area contributed by atoms with Gasteiger partial charge in [0, 0.05) is 46.3 Å². The SMILES string of the molecule is O=C(NCc1ccc(N2CCC(c3cc(Cl)cc(Cl)c3)(C(F)(F)F)C2)cc1Cl)C1CCC1. The van der Waals surface area contributed by atoms with Crippen LogP contribution in [0.4, 0.5) is 18.9 Å². The van der Waals surface area contributed by atoms with Crippen molar-refractivity contribution in [3.05, 3.63) is 62.6 Å². The van der Waals surface area contributed by atoms with Crippen LogP contribution in [0.5, 0.6) is 0 Å². The van der Waals surface area contributed by atoms with E-state index < -0.39 is 11.6 Å². The summed E-state index contributed by atoms with van der Waals surface area (Å²) in [5.41, 5.74) is -0.690. The molecule has 0 spiro atoms. The van der Waals surface area contributed by atoms with Crippen molar-refractivity contribution >= 4 is 46.4 Å². The van der Waals surface area contributed by atoms with Gasteiger partial charge in [-0.2, -0.15) is 13.2 Å². The van der Waals surface area contributed by atoms with E-state index in [-0.39, 0.29) is 46.9 Å². The zero-order chi connectivity index (χ0) is 23.1. The fourth-order valence-electron chi connectivity index (χ4n) is 4.36. The molecular weight excluding hydrogens is 484 g/mol. The third-order valence-corrected chi connectivity index (χ3v) is 7.35.